The van der Waals surface area contributed by atoms with Crippen LogP contribution in [0.5, 0.6) is 0 Å². The van der Waals surface area contributed by atoms with Crippen molar-refractivity contribution in [3.8, 4) is 0 Å². The Morgan fingerprint density at radius 2 is 1.94 bits per heavy atom. The average Bonchev–Trinajstić information content (AvgIpc) is 2.40. The molecule has 1 aliphatic rings. The van der Waals surface area contributed by atoms with Crippen LogP contribution >= 0.6 is 0 Å². The van der Waals surface area contributed by atoms with E-state index in [-0.39, 0.29) is 12.5 Å². The number of piperazine rings is 1. The smallest absolute Gasteiger partial charge is 0.302 e. The van der Waals surface area contributed by atoms with Crippen LogP contribution in [0.25, 0.3) is 4.85 Å². The van der Waals surface area contributed by atoms with E-state index in [4.69, 9.17) is 6.57 Å². The Morgan fingerprint density at radius 3 is 2.53 bits per heavy atom. The summed E-state index contributed by atoms with van der Waals surface area (Å²) in [6.07, 6.45) is 3.41. The maximum absolute atomic E-state index is 11.5. The minimum atomic E-state index is -0.0892. The number of carbonyl (C=O) groups is 1. The number of hydrogen-bond donors (Lipinski definition) is 0. The summed E-state index contributed by atoms with van der Waals surface area (Å²) in [7, 11) is 0. The zero-order valence-corrected chi connectivity index (χ0v) is 9.41. The summed E-state index contributed by atoms with van der Waals surface area (Å²) in [5.41, 5.74) is 0. The van der Waals surface area contributed by atoms with E-state index in [1.165, 1.54) is 0 Å². The van der Waals surface area contributed by atoms with Crippen LogP contribution in [-0.2, 0) is 4.79 Å². The molecule has 1 aromatic rings. The lowest BCUT2D eigenvalue weighted by atomic mass is 10.3. The van der Waals surface area contributed by atoms with Crippen molar-refractivity contribution in [2.24, 2.45) is 0 Å². The van der Waals surface area contributed by atoms with Gasteiger partial charge in [-0.05, 0) is 6.07 Å². The van der Waals surface area contributed by atoms with Gasteiger partial charge in [-0.2, -0.15) is 0 Å². The number of aromatic nitrogens is 2. The first-order chi connectivity index (χ1) is 8.31. The van der Waals surface area contributed by atoms with E-state index in [1.807, 2.05) is 4.90 Å². The Labute approximate surface area is 99.7 Å². The van der Waals surface area contributed by atoms with Gasteiger partial charge in [-0.25, -0.2) is 16.5 Å². The summed E-state index contributed by atoms with van der Waals surface area (Å²) in [5.74, 6) is 0.610. The van der Waals surface area contributed by atoms with Gasteiger partial charge in [0.2, 0.25) is 5.95 Å². The fraction of sp³-hybridized carbons (Fsp3) is 0.455. The first kappa shape index (κ1) is 11.3. The lowest BCUT2D eigenvalue weighted by Crippen LogP contribution is -2.49. The molecule has 0 aliphatic carbocycles. The SMILES string of the molecule is [C-]#[N+]CC(=O)N1CCN(c2ncccn2)CC1. The van der Waals surface area contributed by atoms with Gasteiger partial charge in [0.25, 0.3) is 6.54 Å². The van der Waals surface area contributed by atoms with E-state index in [1.54, 1.807) is 23.4 Å². The highest BCUT2D eigenvalue weighted by atomic mass is 16.2. The first-order valence-electron chi connectivity index (χ1n) is 5.44. The van der Waals surface area contributed by atoms with Gasteiger partial charge < -0.3 is 14.6 Å². The van der Waals surface area contributed by atoms with E-state index < -0.39 is 0 Å². The van der Waals surface area contributed by atoms with Crippen molar-refractivity contribution in [3.05, 3.63) is 29.9 Å². The molecule has 6 nitrogen and oxygen atoms in total. The highest BCUT2D eigenvalue weighted by molar-refractivity contribution is 5.79. The fourth-order valence-corrected chi connectivity index (χ4v) is 1.78. The Bertz CT molecular complexity index is 419. The third-order valence-corrected chi connectivity index (χ3v) is 2.68. The van der Waals surface area contributed by atoms with Crippen LogP contribution in [-0.4, -0.2) is 53.5 Å². The third-order valence-electron chi connectivity index (χ3n) is 2.68. The number of carbonyl (C=O) groups excluding carboxylic acids is 1. The molecule has 0 N–H and O–H groups in total. The monoisotopic (exact) mass is 231 g/mol. The highest BCUT2D eigenvalue weighted by Gasteiger charge is 2.23. The first-order valence-corrected chi connectivity index (χ1v) is 5.44. The highest BCUT2D eigenvalue weighted by Crippen LogP contribution is 2.09. The molecule has 0 bridgehead atoms. The fourth-order valence-electron chi connectivity index (χ4n) is 1.78. The molecule has 0 unspecified atom stereocenters. The van der Waals surface area contributed by atoms with Crippen molar-refractivity contribution >= 4 is 11.9 Å². The molecule has 0 saturated carbocycles. The summed E-state index contributed by atoms with van der Waals surface area (Å²) >= 11 is 0. The van der Waals surface area contributed by atoms with Crippen LogP contribution in [0.1, 0.15) is 0 Å². The summed E-state index contributed by atoms with van der Waals surface area (Å²) in [6.45, 7) is 9.31. The van der Waals surface area contributed by atoms with Crippen molar-refractivity contribution in [3.63, 3.8) is 0 Å². The molecular formula is C11H13N5O. The molecule has 1 fully saturated rings. The van der Waals surface area contributed by atoms with Crippen molar-refractivity contribution in [2.75, 3.05) is 37.6 Å². The van der Waals surface area contributed by atoms with Crippen molar-refractivity contribution < 1.29 is 4.79 Å². The maximum atomic E-state index is 11.5. The normalized spacial score (nSPS) is 15.5. The van der Waals surface area contributed by atoms with Crippen molar-refractivity contribution in [2.45, 2.75) is 0 Å². The van der Waals surface area contributed by atoms with E-state index in [0.29, 0.717) is 32.1 Å². The van der Waals surface area contributed by atoms with Gasteiger partial charge in [-0.1, -0.05) is 0 Å². The molecule has 1 amide bonds. The minimum absolute atomic E-state index is 0.0537. The molecule has 0 radical (unpaired) electrons. The Balaban J connectivity index is 1.91. The zero-order valence-electron chi connectivity index (χ0n) is 9.41. The van der Waals surface area contributed by atoms with Crippen LogP contribution in [0.2, 0.25) is 0 Å². The molecule has 0 aromatic carbocycles. The Kier molecular flexibility index (Phi) is 3.50. The van der Waals surface area contributed by atoms with Gasteiger partial charge in [-0.3, -0.25) is 4.79 Å². The molecule has 1 aromatic heterocycles. The molecule has 2 rings (SSSR count). The van der Waals surface area contributed by atoms with Crippen molar-refractivity contribution in [1.82, 2.24) is 14.9 Å². The molecular weight excluding hydrogens is 218 g/mol. The van der Waals surface area contributed by atoms with Crippen LogP contribution < -0.4 is 4.90 Å². The van der Waals surface area contributed by atoms with Gasteiger partial charge in [0.1, 0.15) is 0 Å². The molecule has 2 heterocycles. The Hall–Kier alpha value is -2.16. The van der Waals surface area contributed by atoms with Gasteiger partial charge in [-0.15, -0.1) is 0 Å². The van der Waals surface area contributed by atoms with Crippen LogP contribution in [0, 0.1) is 6.57 Å². The number of hydrogen-bond acceptors (Lipinski definition) is 4. The van der Waals surface area contributed by atoms with Crippen LogP contribution in [0.15, 0.2) is 18.5 Å². The summed E-state index contributed by atoms with van der Waals surface area (Å²) in [4.78, 5) is 26.7. The predicted octanol–water partition coefficient (Wildman–Crippen LogP) is 0.0445. The zero-order chi connectivity index (χ0) is 12.1. The second-order valence-electron chi connectivity index (χ2n) is 3.73. The largest absolute Gasteiger partial charge is 0.337 e. The summed E-state index contributed by atoms with van der Waals surface area (Å²) in [5, 5.41) is 0. The van der Waals surface area contributed by atoms with Gasteiger partial charge in [0.05, 0.1) is 0 Å². The second-order valence-corrected chi connectivity index (χ2v) is 3.73. The molecule has 1 aliphatic heterocycles. The minimum Gasteiger partial charge on any atom is -0.337 e. The number of rotatable bonds is 2. The number of nitrogens with zero attached hydrogens (tertiary/aromatic N) is 5. The topological polar surface area (TPSA) is 53.7 Å². The molecule has 6 heteroatoms. The quantitative estimate of drug-likeness (QED) is 0.675. The van der Waals surface area contributed by atoms with E-state index >= 15 is 0 Å². The number of amides is 1. The molecule has 0 atom stereocenters. The third kappa shape index (κ3) is 2.69. The number of anilines is 1. The molecule has 0 spiro atoms. The van der Waals surface area contributed by atoms with Gasteiger partial charge >= 0.3 is 5.91 Å². The Morgan fingerprint density at radius 1 is 1.29 bits per heavy atom. The predicted molar refractivity (Wildman–Crippen MR) is 62.3 cm³/mol. The van der Waals surface area contributed by atoms with Crippen LogP contribution in [0.4, 0.5) is 5.95 Å². The molecule has 88 valence electrons. The van der Waals surface area contributed by atoms with E-state index in [2.05, 4.69) is 14.8 Å². The molecule has 17 heavy (non-hydrogen) atoms. The van der Waals surface area contributed by atoms with E-state index in [0.717, 1.165) is 0 Å². The van der Waals surface area contributed by atoms with E-state index in [9.17, 15) is 4.79 Å². The maximum Gasteiger partial charge on any atom is 0.302 e. The van der Waals surface area contributed by atoms with Gasteiger partial charge in [0.15, 0.2) is 0 Å². The molecule has 1 saturated heterocycles. The summed E-state index contributed by atoms with van der Waals surface area (Å²) in [6, 6.07) is 1.78. The average molecular weight is 231 g/mol. The lowest BCUT2D eigenvalue weighted by molar-refractivity contribution is -0.129. The second kappa shape index (κ2) is 5.25. The van der Waals surface area contributed by atoms with Crippen LogP contribution in [0.3, 0.4) is 0 Å². The van der Waals surface area contributed by atoms with Crippen molar-refractivity contribution in [1.29, 1.82) is 0 Å². The summed E-state index contributed by atoms with van der Waals surface area (Å²) < 4.78 is 0. The standard InChI is InChI=1S/C11H13N5O/c1-12-9-10(17)15-5-7-16(8-6-15)11-13-3-2-4-14-11/h2-4H,5-9H2. The lowest BCUT2D eigenvalue weighted by Gasteiger charge is -2.33. The van der Waals surface area contributed by atoms with Gasteiger partial charge in [0, 0.05) is 38.6 Å².